The maximum atomic E-state index is 13.0. The number of hydrogen-bond donors (Lipinski definition) is 1. The van der Waals surface area contributed by atoms with Crippen molar-refractivity contribution in [2.75, 3.05) is 0 Å². The van der Waals surface area contributed by atoms with Crippen LogP contribution in [0.3, 0.4) is 0 Å². The average molecular weight is 228 g/mol. The Labute approximate surface area is 89.8 Å². The van der Waals surface area contributed by atoms with Crippen molar-refractivity contribution in [3.63, 3.8) is 0 Å². The number of hydrogen-bond acceptors (Lipinski definition) is 4. The predicted molar refractivity (Wildman–Crippen MR) is 52.6 cm³/mol. The Morgan fingerprint density at radius 3 is 2.80 bits per heavy atom. The van der Waals surface area contributed by atoms with E-state index in [1.54, 1.807) is 6.07 Å². The fourth-order valence-electron chi connectivity index (χ4n) is 1.14. The predicted octanol–water partition coefficient (Wildman–Crippen LogP) is 1.99. The van der Waals surface area contributed by atoms with Gasteiger partial charge < -0.3 is 10.3 Å². The molecule has 0 bridgehead atoms. The molecule has 4 nitrogen and oxygen atoms in total. The maximum absolute atomic E-state index is 13.0. The Bertz CT molecular complexity index is 466. The summed E-state index contributed by atoms with van der Waals surface area (Å²) in [5, 5.41) is 3.93. The summed E-state index contributed by atoms with van der Waals surface area (Å²) in [6, 6.07) is 4.03. The molecule has 0 aliphatic carbocycles. The zero-order chi connectivity index (χ0) is 10.8. The zero-order valence-corrected chi connectivity index (χ0v) is 8.33. The Balaban J connectivity index is 2.44. The van der Waals surface area contributed by atoms with E-state index in [4.69, 9.17) is 21.9 Å². The maximum Gasteiger partial charge on any atom is 0.240 e. The number of nitrogens with two attached hydrogens (primary N) is 1. The van der Waals surface area contributed by atoms with Gasteiger partial charge in [0.25, 0.3) is 0 Å². The van der Waals surface area contributed by atoms with Gasteiger partial charge in [0.15, 0.2) is 0 Å². The Morgan fingerprint density at radius 2 is 2.20 bits per heavy atom. The lowest BCUT2D eigenvalue weighted by Crippen LogP contribution is -1.95. The highest BCUT2D eigenvalue weighted by Crippen LogP contribution is 2.21. The minimum absolute atomic E-state index is 0.149. The molecule has 2 aromatic rings. The summed E-state index contributed by atoms with van der Waals surface area (Å²) in [5.74, 6) is 0.124. The van der Waals surface area contributed by atoms with Crippen LogP contribution in [-0.2, 0) is 6.54 Å². The van der Waals surface area contributed by atoms with Crippen LogP contribution in [0.4, 0.5) is 4.39 Å². The minimum atomic E-state index is -0.448. The average Bonchev–Trinajstić information content (AvgIpc) is 2.64. The molecular formula is C9H7ClFN3O. The molecule has 0 unspecified atom stereocenters. The lowest BCUT2D eigenvalue weighted by molar-refractivity contribution is 0.380. The number of nitrogens with zero attached hydrogens (tertiary/aromatic N) is 2. The van der Waals surface area contributed by atoms with Crippen molar-refractivity contribution in [2.45, 2.75) is 6.54 Å². The van der Waals surface area contributed by atoms with E-state index >= 15 is 0 Å². The van der Waals surface area contributed by atoms with Gasteiger partial charge in [0.1, 0.15) is 5.82 Å². The number of aromatic nitrogens is 2. The molecule has 0 saturated carbocycles. The molecule has 0 fully saturated rings. The first-order chi connectivity index (χ1) is 7.19. The van der Waals surface area contributed by atoms with Gasteiger partial charge in [-0.3, -0.25) is 0 Å². The van der Waals surface area contributed by atoms with Crippen molar-refractivity contribution in [3.8, 4) is 11.4 Å². The monoisotopic (exact) mass is 227 g/mol. The highest BCUT2D eigenvalue weighted by atomic mass is 35.5. The van der Waals surface area contributed by atoms with Crippen molar-refractivity contribution in [1.29, 1.82) is 0 Å². The fraction of sp³-hybridized carbons (Fsp3) is 0.111. The van der Waals surface area contributed by atoms with Gasteiger partial charge in [-0.05, 0) is 18.2 Å². The fourth-order valence-corrected chi connectivity index (χ4v) is 1.36. The summed E-state index contributed by atoms with van der Waals surface area (Å²) in [4.78, 5) is 3.95. The van der Waals surface area contributed by atoms with Crippen LogP contribution in [0.5, 0.6) is 0 Å². The molecule has 0 aliphatic rings. The molecule has 1 aromatic heterocycles. The molecule has 1 heterocycles. The summed E-state index contributed by atoms with van der Waals surface area (Å²) in [6.07, 6.45) is 0. The van der Waals surface area contributed by atoms with E-state index in [2.05, 4.69) is 10.1 Å². The molecule has 0 atom stereocenters. The number of benzene rings is 1. The van der Waals surface area contributed by atoms with E-state index < -0.39 is 5.82 Å². The molecule has 1 aromatic carbocycles. The molecule has 15 heavy (non-hydrogen) atoms. The van der Waals surface area contributed by atoms with Crippen molar-refractivity contribution in [2.24, 2.45) is 5.73 Å². The van der Waals surface area contributed by atoms with Gasteiger partial charge in [-0.25, -0.2) is 4.39 Å². The third-order valence-electron chi connectivity index (χ3n) is 1.76. The highest BCUT2D eigenvalue weighted by Gasteiger charge is 2.09. The standard InChI is InChI=1S/C9H7ClFN3O/c10-6-1-5(2-7(11)3-6)9-13-8(4-12)15-14-9/h1-3H,4,12H2. The highest BCUT2D eigenvalue weighted by molar-refractivity contribution is 6.30. The SMILES string of the molecule is NCc1nc(-c2cc(F)cc(Cl)c2)no1. The van der Waals surface area contributed by atoms with Gasteiger partial charge in [-0.15, -0.1) is 0 Å². The van der Waals surface area contributed by atoms with Gasteiger partial charge in [-0.2, -0.15) is 4.98 Å². The van der Waals surface area contributed by atoms with Gasteiger partial charge in [0, 0.05) is 10.6 Å². The van der Waals surface area contributed by atoms with E-state index in [0.29, 0.717) is 11.5 Å². The summed E-state index contributed by atoms with van der Waals surface area (Å²) in [7, 11) is 0. The van der Waals surface area contributed by atoms with E-state index in [0.717, 1.165) is 0 Å². The number of halogens is 2. The second-order valence-corrected chi connectivity index (χ2v) is 3.31. The second kappa shape index (κ2) is 3.96. The summed E-state index contributed by atoms with van der Waals surface area (Å²) >= 11 is 5.69. The van der Waals surface area contributed by atoms with Gasteiger partial charge in [0.2, 0.25) is 11.7 Å². The second-order valence-electron chi connectivity index (χ2n) is 2.87. The smallest absolute Gasteiger partial charge is 0.240 e. The van der Waals surface area contributed by atoms with Crippen LogP contribution in [0, 0.1) is 5.82 Å². The van der Waals surface area contributed by atoms with Gasteiger partial charge >= 0.3 is 0 Å². The van der Waals surface area contributed by atoms with Crippen LogP contribution in [-0.4, -0.2) is 10.1 Å². The van der Waals surface area contributed by atoms with Crippen LogP contribution < -0.4 is 5.73 Å². The van der Waals surface area contributed by atoms with Crippen LogP contribution in [0.2, 0.25) is 5.02 Å². The van der Waals surface area contributed by atoms with Crippen molar-refractivity contribution < 1.29 is 8.91 Å². The normalized spacial score (nSPS) is 10.6. The molecule has 0 radical (unpaired) electrons. The van der Waals surface area contributed by atoms with Crippen molar-refractivity contribution in [1.82, 2.24) is 10.1 Å². The van der Waals surface area contributed by atoms with Gasteiger partial charge in [0.05, 0.1) is 6.54 Å². The Hall–Kier alpha value is -1.46. The molecule has 78 valence electrons. The van der Waals surface area contributed by atoms with E-state index in [1.165, 1.54) is 12.1 Å². The first-order valence-electron chi connectivity index (χ1n) is 4.18. The van der Waals surface area contributed by atoms with Crippen LogP contribution in [0.25, 0.3) is 11.4 Å². The lowest BCUT2D eigenvalue weighted by Gasteiger charge is -1.95. The van der Waals surface area contributed by atoms with Crippen molar-refractivity contribution >= 4 is 11.6 Å². The first-order valence-corrected chi connectivity index (χ1v) is 4.56. The first kappa shape index (κ1) is 10.1. The summed E-state index contributed by atoms with van der Waals surface area (Å²) in [5.41, 5.74) is 5.77. The Kier molecular flexibility index (Phi) is 2.66. The quantitative estimate of drug-likeness (QED) is 0.852. The molecule has 2 N–H and O–H groups in total. The van der Waals surface area contributed by atoms with Gasteiger partial charge in [-0.1, -0.05) is 16.8 Å². The lowest BCUT2D eigenvalue weighted by atomic mass is 10.2. The minimum Gasteiger partial charge on any atom is -0.338 e. The molecule has 0 aliphatic heterocycles. The third-order valence-corrected chi connectivity index (χ3v) is 1.98. The van der Waals surface area contributed by atoms with Crippen LogP contribution >= 0.6 is 11.6 Å². The molecule has 0 saturated heterocycles. The van der Waals surface area contributed by atoms with Crippen LogP contribution in [0.15, 0.2) is 22.7 Å². The topological polar surface area (TPSA) is 64.9 Å². The summed E-state index contributed by atoms with van der Waals surface area (Å²) < 4.78 is 17.8. The van der Waals surface area contributed by atoms with Crippen molar-refractivity contribution in [3.05, 3.63) is 34.9 Å². The molecule has 6 heteroatoms. The zero-order valence-electron chi connectivity index (χ0n) is 7.58. The van der Waals surface area contributed by atoms with E-state index in [1.807, 2.05) is 0 Å². The largest absolute Gasteiger partial charge is 0.338 e. The van der Waals surface area contributed by atoms with Crippen LogP contribution in [0.1, 0.15) is 5.89 Å². The molecule has 0 amide bonds. The Morgan fingerprint density at radius 1 is 1.40 bits per heavy atom. The van der Waals surface area contributed by atoms with E-state index in [9.17, 15) is 4.39 Å². The molecular weight excluding hydrogens is 221 g/mol. The summed E-state index contributed by atoms with van der Waals surface area (Å²) in [6.45, 7) is 0.149. The molecule has 0 spiro atoms. The van der Waals surface area contributed by atoms with E-state index in [-0.39, 0.29) is 17.4 Å². The third kappa shape index (κ3) is 2.14. The molecule has 2 rings (SSSR count). The number of rotatable bonds is 2.